The zero-order valence-corrected chi connectivity index (χ0v) is 18.8. The van der Waals surface area contributed by atoms with Gasteiger partial charge in [-0.1, -0.05) is 84.4 Å². The summed E-state index contributed by atoms with van der Waals surface area (Å²) in [5.41, 5.74) is 2.69. The Labute approximate surface area is 188 Å². The molecule has 0 bridgehead atoms. The van der Waals surface area contributed by atoms with E-state index in [1.54, 1.807) is 29.2 Å². The van der Waals surface area contributed by atoms with Crippen LogP contribution in [0.3, 0.4) is 0 Å². The minimum absolute atomic E-state index is 0.00559. The number of hydrogen-bond donors (Lipinski definition) is 1. The number of benzene rings is 3. The molecule has 0 saturated heterocycles. The molecule has 0 aliphatic rings. The van der Waals surface area contributed by atoms with Crippen molar-refractivity contribution in [2.24, 2.45) is 0 Å². The number of halogens is 1. The smallest absolute Gasteiger partial charge is 0.225 e. The maximum atomic E-state index is 13.4. The molecule has 5 nitrogen and oxygen atoms in total. The Morgan fingerprint density at radius 2 is 1.35 bits per heavy atom. The van der Waals surface area contributed by atoms with Crippen molar-refractivity contribution < 1.29 is 13.2 Å². The molecular weight excluding hydrogens is 432 g/mol. The molecule has 1 amide bonds. The molecular formula is C24H25ClN2O3S. The molecule has 0 aliphatic carbocycles. The Bertz CT molecular complexity index is 1050. The number of carbonyl (C=O) groups excluding carboxylic acids is 1. The van der Waals surface area contributed by atoms with Crippen LogP contribution in [0, 0.1) is 0 Å². The van der Waals surface area contributed by atoms with Crippen LogP contribution in [-0.2, 0) is 27.9 Å². The highest BCUT2D eigenvalue weighted by Gasteiger charge is 2.23. The van der Waals surface area contributed by atoms with Crippen molar-refractivity contribution in [3.05, 3.63) is 107 Å². The van der Waals surface area contributed by atoms with Gasteiger partial charge in [-0.05, 0) is 28.8 Å². The Balaban J connectivity index is 1.85. The maximum Gasteiger partial charge on any atom is 0.225 e. The summed E-state index contributed by atoms with van der Waals surface area (Å²) in [6.07, 6.45) is 1.08. The lowest BCUT2D eigenvalue weighted by atomic mass is 10.0. The average Bonchev–Trinajstić information content (AvgIpc) is 2.74. The van der Waals surface area contributed by atoms with Gasteiger partial charge in [-0.3, -0.25) is 4.79 Å². The summed E-state index contributed by atoms with van der Waals surface area (Å²) in [5, 5.41) is 0.544. The standard InChI is InChI=1S/C24H25ClN2O3S/c1-31(29,30)26-23(21-12-14-22(25)15-13-21)16-24(28)27(17-19-8-4-2-5-9-19)18-20-10-6-3-7-11-20/h2-15,23,26H,16-18H2,1H3/t23-/m1/s1. The van der Waals surface area contributed by atoms with Crippen LogP contribution < -0.4 is 4.72 Å². The fraction of sp³-hybridized carbons (Fsp3) is 0.208. The molecule has 3 aromatic rings. The molecule has 3 aromatic carbocycles. The number of nitrogens with one attached hydrogen (secondary N) is 1. The van der Waals surface area contributed by atoms with Crippen LogP contribution in [-0.4, -0.2) is 25.5 Å². The van der Waals surface area contributed by atoms with Gasteiger partial charge in [-0.2, -0.15) is 0 Å². The summed E-state index contributed by atoms with van der Waals surface area (Å²) in [6, 6.07) is 25.6. The molecule has 1 N–H and O–H groups in total. The average molecular weight is 457 g/mol. The third-order valence-corrected chi connectivity index (χ3v) is 5.76. The van der Waals surface area contributed by atoms with E-state index >= 15 is 0 Å². The van der Waals surface area contributed by atoms with E-state index < -0.39 is 16.1 Å². The number of nitrogens with zero attached hydrogens (tertiary/aromatic N) is 1. The molecule has 0 unspecified atom stereocenters. The van der Waals surface area contributed by atoms with Crippen LogP contribution in [0.15, 0.2) is 84.9 Å². The maximum absolute atomic E-state index is 13.4. The second kappa shape index (κ2) is 10.6. The minimum Gasteiger partial charge on any atom is -0.334 e. The molecule has 162 valence electrons. The predicted molar refractivity (Wildman–Crippen MR) is 124 cm³/mol. The minimum atomic E-state index is -3.52. The van der Waals surface area contributed by atoms with Crippen LogP contribution in [0.5, 0.6) is 0 Å². The second-order valence-corrected chi connectivity index (χ2v) is 9.64. The molecule has 7 heteroatoms. The molecule has 0 radical (unpaired) electrons. The Hall–Kier alpha value is -2.67. The molecule has 31 heavy (non-hydrogen) atoms. The topological polar surface area (TPSA) is 66.5 Å². The largest absolute Gasteiger partial charge is 0.334 e. The van der Waals surface area contributed by atoms with Gasteiger partial charge >= 0.3 is 0 Å². The van der Waals surface area contributed by atoms with E-state index in [0.29, 0.717) is 23.7 Å². The molecule has 3 rings (SSSR count). The third kappa shape index (κ3) is 7.51. The molecule has 0 fully saturated rings. The van der Waals surface area contributed by atoms with Crippen molar-refractivity contribution in [2.75, 3.05) is 6.26 Å². The first-order valence-corrected chi connectivity index (χ1v) is 12.2. The van der Waals surface area contributed by atoms with E-state index in [-0.39, 0.29) is 12.3 Å². The summed E-state index contributed by atoms with van der Waals surface area (Å²) < 4.78 is 26.5. The van der Waals surface area contributed by atoms with Gasteiger partial charge in [0.05, 0.1) is 12.3 Å². The highest BCUT2D eigenvalue weighted by molar-refractivity contribution is 7.88. The first-order chi connectivity index (χ1) is 14.8. The summed E-state index contributed by atoms with van der Waals surface area (Å²) in [4.78, 5) is 15.1. The highest BCUT2D eigenvalue weighted by atomic mass is 35.5. The van der Waals surface area contributed by atoms with E-state index in [4.69, 9.17) is 11.6 Å². The van der Waals surface area contributed by atoms with Crippen LogP contribution >= 0.6 is 11.6 Å². The molecule has 0 aromatic heterocycles. The van der Waals surface area contributed by atoms with E-state index in [9.17, 15) is 13.2 Å². The quantitative estimate of drug-likeness (QED) is 0.513. The van der Waals surface area contributed by atoms with Gasteiger partial charge in [0.1, 0.15) is 0 Å². The van der Waals surface area contributed by atoms with Crippen molar-refractivity contribution in [2.45, 2.75) is 25.6 Å². The molecule has 1 atom stereocenters. The molecule has 0 aliphatic heterocycles. The first-order valence-electron chi connectivity index (χ1n) is 9.88. The van der Waals surface area contributed by atoms with Crippen molar-refractivity contribution in [3.63, 3.8) is 0 Å². The summed E-state index contributed by atoms with van der Waals surface area (Å²) in [7, 11) is -3.52. The molecule has 0 saturated carbocycles. The van der Waals surface area contributed by atoms with Gasteiger partial charge in [-0.15, -0.1) is 0 Å². The zero-order chi connectivity index (χ0) is 22.3. The fourth-order valence-corrected chi connectivity index (χ4v) is 4.19. The van der Waals surface area contributed by atoms with Gasteiger partial charge < -0.3 is 4.90 Å². The van der Waals surface area contributed by atoms with Crippen molar-refractivity contribution in [1.29, 1.82) is 0 Å². The summed E-state index contributed by atoms with van der Waals surface area (Å²) in [5.74, 6) is -0.149. The normalized spacial score (nSPS) is 12.3. The number of rotatable bonds is 9. The Morgan fingerprint density at radius 3 is 1.81 bits per heavy atom. The van der Waals surface area contributed by atoms with Crippen molar-refractivity contribution >= 4 is 27.5 Å². The van der Waals surface area contributed by atoms with Crippen LogP contribution in [0.25, 0.3) is 0 Å². The third-order valence-electron chi connectivity index (χ3n) is 4.79. The molecule has 0 heterocycles. The van der Waals surface area contributed by atoms with Gasteiger partial charge in [-0.25, -0.2) is 13.1 Å². The Morgan fingerprint density at radius 1 is 0.871 bits per heavy atom. The lowest BCUT2D eigenvalue weighted by molar-refractivity contribution is -0.133. The number of amides is 1. The number of carbonyl (C=O) groups is 1. The van der Waals surface area contributed by atoms with E-state index in [1.165, 1.54) is 0 Å². The fourth-order valence-electron chi connectivity index (χ4n) is 3.32. The predicted octanol–water partition coefficient (Wildman–Crippen LogP) is 4.55. The summed E-state index contributed by atoms with van der Waals surface area (Å²) in [6.45, 7) is 0.863. The lowest BCUT2D eigenvalue weighted by Crippen LogP contribution is -2.35. The lowest BCUT2D eigenvalue weighted by Gasteiger charge is -2.26. The number of sulfonamides is 1. The van der Waals surface area contributed by atoms with Crippen LogP contribution in [0.2, 0.25) is 5.02 Å². The summed E-state index contributed by atoms with van der Waals surface area (Å²) >= 11 is 5.97. The first kappa shape index (κ1) is 23.0. The van der Waals surface area contributed by atoms with Gasteiger partial charge in [0.25, 0.3) is 0 Å². The van der Waals surface area contributed by atoms with Gasteiger partial charge in [0.2, 0.25) is 15.9 Å². The SMILES string of the molecule is CS(=O)(=O)N[C@H](CC(=O)N(Cc1ccccc1)Cc1ccccc1)c1ccc(Cl)cc1. The monoisotopic (exact) mass is 456 g/mol. The van der Waals surface area contributed by atoms with Gasteiger partial charge in [0, 0.05) is 24.5 Å². The zero-order valence-electron chi connectivity index (χ0n) is 17.2. The second-order valence-electron chi connectivity index (χ2n) is 7.42. The van der Waals surface area contributed by atoms with Crippen LogP contribution in [0.4, 0.5) is 0 Å². The van der Waals surface area contributed by atoms with E-state index in [0.717, 1.165) is 17.4 Å². The number of hydrogen-bond acceptors (Lipinski definition) is 3. The van der Waals surface area contributed by atoms with Crippen molar-refractivity contribution in [3.8, 4) is 0 Å². The highest BCUT2D eigenvalue weighted by Crippen LogP contribution is 2.22. The van der Waals surface area contributed by atoms with Crippen molar-refractivity contribution in [1.82, 2.24) is 9.62 Å². The Kier molecular flexibility index (Phi) is 7.85. The van der Waals surface area contributed by atoms with Gasteiger partial charge in [0.15, 0.2) is 0 Å². The van der Waals surface area contributed by atoms with E-state index in [2.05, 4.69) is 4.72 Å². The molecule has 0 spiro atoms. The van der Waals surface area contributed by atoms with E-state index in [1.807, 2.05) is 60.7 Å². The van der Waals surface area contributed by atoms with Crippen LogP contribution in [0.1, 0.15) is 29.2 Å².